The number of halogens is 2. The highest BCUT2D eigenvalue weighted by Gasteiger charge is 2.07. The van der Waals surface area contributed by atoms with Crippen LogP contribution in [0.2, 0.25) is 5.02 Å². The molecule has 0 aliphatic heterocycles. The Morgan fingerprint density at radius 3 is 3.06 bits per heavy atom. The number of aromatic nitrogens is 1. The third-order valence-electron chi connectivity index (χ3n) is 1.93. The molecule has 0 saturated heterocycles. The molecule has 18 heavy (non-hydrogen) atoms. The van der Waals surface area contributed by atoms with Gasteiger partial charge < -0.3 is 4.74 Å². The van der Waals surface area contributed by atoms with E-state index in [-0.39, 0.29) is 12.5 Å². The molecule has 94 valence electrons. The van der Waals surface area contributed by atoms with Crippen LogP contribution in [0.4, 0.5) is 5.13 Å². The molecule has 0 radical (unpaired) electrons. The van der Waals surface area contributed by atoms with Crippen molar-refractivity contribution in [2.75, 3.05) is 11.9 Å². The maximum absolute atomic E-state index is 11.6. The molecule has 2 rings (SSSR count). The van der Waals surface area contributed by atoms with E-state index in [1.165, 1.54) is 11.3 Å². The SMILES string of the molecule is O=C(COc1ccc(Cl)cc1Br)Nc1nccs1. The molecule has 2 aromatic rings. The van der Waals surface area contributed by atoms with Crippen molar-refractivity contribution in [2.45, 2.75) is 0 Å². The quantitative estimate of drug-likeness (QED) is 0.920. The van der Waals surface area contributed by atoms with Gasteiger partial charge in [0.15, 0.2) is 11.7 Å². The largest absolute Gasteiger partial charge is 0.483 e. The summed E-state index contributed by atoms with van der Waals surface area (Å²) in [5.41, 5.74) is 0. The number of anilines is 1. The van der Waals surface area contributed by atoms with Gasteiger partial charge in [-0.2, -0.15) is 0 Å². The topological polar surface area (TPSA) is 51.2 Å². The van der Waals surface area contributed by atoms with Crippen LogP contribution in [0.1, 0.15) is 0 Å². The fourth-order valence-electron chi connectivity index (χ4n) is 1.18. The van der Waals surface area contributed by atoms with Crippen molar-refractivity contribution in [3.05, 3.63) is 39.3 Å². The first-order valence-electron chi connectivity index (χ1n) is 4.92. The number of hydrogen-bond donors (Lipinski definition) is 1. The second-order valence-electron chi connectivity index (χ2n) is 3.25. The molecule has 1 amide bonds. The molecule has 7 heteroatoms. The van der Waals surface area contributed by atoms with E-state index in [4.69, 9.17) is 16.3 Å². The number of carbonyl (C=O) groups excluding carboxylic acids is 1. The molecule has 0 bridgehead atoms. The molecular formula is C11H8BrClN2O2S. The lowest BCUT2D eigenvalue weighted by atomic mass is 10.3. The molecule has 0 spiro atoms. The van der Waals surface area contributed by atoms with Crippen molar-refractivity contribution in [1.29, 1.82) is 0 Å². The first-order valence-corrected chi connectivity index (χ1v) is 6.97. The lowest BCUT2D eigenvalue weighted by molar-refractivity contribution is -0.118. The van der Waals surface area contributed by atoms with Gasteiger partial charge in [0.25, 0.3) is 5.91 Å². The third kappa shape index (κ3) is 3.69. The van der Waals surface area contributed by atoms with Crippen LogP contribution in [-0.2, 0) is 4.79 Å². The fourth-order valence-corrected chi connectivity index (χ4v) is 2.52. The normalized spacial score (nSPS) is 10.1. The number of hydrogen-bond acceptors (Lipinski definition) is 4. The van der Waals surface area contributed by atoms with Crippen LogP contribution < -0.4 is 10.1 Å². The van der Waals surface area contributed by atoms with E-state index in [0.29, 0.717) is 20.4 Å². The molecule has 0 atom stereocenters. The van der Waals surface area contributed by atoms with Crippen LogP contribution in [0.25, 0.3) is 0 Å². The van der Waals surface area contributed by atoms with E-state index in [9.17, 15) is 4.79 Å². The number of carbonyl (C=O) groups is 1. The smallest absolute Gasteiger partial charge is 0.264 e. The predicted molar refractivity (Wildman–Crippen MR) is 75.4 cm³/mol. The summed E-state index contributed by atoms with van der Waals surface area (Å²) < 4.78 is 6.07. The maximum atomic E-state index is 11.6. The first-order chi connectivity index (χ1) is 8.65. The molecule has 4 nitrogen and oxygen atoms in total. The summed E-state index contributed by atoms with van der Waals surface area (Å²) in [6.45, 7) is -0.0835. The minimum absolute atomic E-state index is 0.0835. The zero-order valence-electron chi connectivity index (χ0n) is 9.02. The van der Waals surface area contributed by atoms with E-state index < -0.39 is 0 Å². The Hall–Kier alpha value is -1.11. The van der Waals surface area contributed by atoms with E-state index in [1.54, 1.807) is 29.8 Å². The number of ether oxygens (including phenoxy) is 1. The van der Waals surface area contributed by atoms with Gasteiger partial charge in [0.1, 0.15) is 5.75 Å². The molecule has 1 aromatic carbocycles. The van der Waals surface area contributed by atoms with Crippen LogP contribution in [-0.4, -0.2) is 17.5 Å². The minimum Gasteiger partial charge on any atom is -0.483 e. The van der Waals surface area contributed by atoms with Crippen molar-refractivity contribution >= 4 is 49.9 Å². The van der Waals surface area contributed by atoms with Crippen LogP contribution in [0, 0.1) is 0 Å². The molecule has 0 fully saturated rings. The van der Waals surface area contributed by atoms with Crippen molar-refractivity contribution in [2.24, 2.45) is 0 Å². The summed E-state index contributed by atoms with van der Waals surface area (Å²) in [6, 6.07) is 5.10. The van der Waals surface area contributed by atoms with Gasteiger partial charge in [0, 0.05) is 16.6 Å². The summed E-state index contributed by atoms with van der Waals surface area (Å²) in [5.74, 6) is 0.306. The van der Waals surface area contributed by atoms with Crippen molar-refractivity contribution in [1.82, 2.24) is 4.98 Å². The Labute approximate surface area is 121 Å². The zero-order valence-corrected chi connectivity index (χ0v) is 12.2. The summed E-state index contributed by atoms with van der Waals surface area (Å²) in [5, 5.41) is 5.56. The van der Waals surface area contributed by atoms with E-state index in [0.717, 1.165) is 0 Å². The number of amides is 1. The summed E-state index contributed by atoms with van der Waals surface area (Å²) in [4.78, 5) is 15.5. The van der Waals surface area contributed by atoms with Crippen molar-refractivity contribution in [3.63, 3.8) is 0 Å². The minimum atomic E-state index is -0.258. The van der Waals surface area contributed by atoms with Crippen molar-refractivity contribution in [3.8, 4) is 5.75 Å². The monoisotopic (exact) mass is 346 g/mol. The molecule has 1 heterocycles. The Morgan fingerprint density at radius 1 is 1.56 bits per heavy atom. The van der Waals surface area contributed by atoms with Gasteiger partial charge >= 0.3 is 0 Å². The lowest BCUT2D eigenvalue weighted by Crippen LogP contribution is -2.20. The average molecular weight is 348 g/mol. The van der Waals surface area contributed by atoms with Gasteiger partial charge in [-0.25, -0.2) is 4.98 Å². The highest BCUT2D eigenvalue weighted by molar-refractivity contribution is 9.10. The van der Waals surface area contributed by atoms with Crippen LogP contribution in [0.15, 0.2) is 34.2 Å². The van der Waals surface area contributed by atoms with Gasteiger partial charge in [-0.05, 0) is 34.1 Å². The standard InChI is InChI=1S/C11H8BrClN2O2S/c12-8-5-7(13)1-2-9(8)17-6-10(16)15-11-14-3-4-18-11/h1-5H,6H2,(H,14,15,16). The highest BCUT2D eigenvalue weighted by Crippen LogP contribution is 2.27. The number of nitrogens with zero attached hydrogens (tertiary/aromatic N) is 1. The molecule has 1 N–H and O–H groups in total. The van der Waals surface area contributed by atoms with Gasteiger partial charge in [-0.3, -0.25) is 10.1 Å². The first kappa shape index (κ1) is 13.3. The summed E-state index contributed by atoms with van der Waals surface area (Å²) >= 11 is 10.5. The van der Waals surface area contributed by atoms with E-state index >= 15 is 0 Å². The van der Waals surface area contributed by atoms with E-state index in [2.05, 4.69) is 26.2 Å². The number of rotatable bonds is 4. The maximum Gasteiger partial charge on any atom is 0.264 e. The Kier molecular flexibility index (Phi) is 4.57. The number of nitrogens with one attached hydrogen (secondary N) is 1. The van der Waals surface area contributed by atoms with Gasteiger partial charge in [-0.15, -0.1) is 11.3 Å². The third-order valence-corrected chi connectivity index (χ3v) is 3.47. The molecular weight excluding hydrogens is 340 g/mol. The highest BCUT2D eigenvalue weighted by atomic mass is 79.9. The average Bonchev–Trinajstić information content (AvgIpc) is 2.80. The molecule has 0 saturated carbocycles. The Bertz CT molecular complexity index is 548. The molecule has 0 aliphatic carbocycles. The van der Waals surface area contributed by atoms with Gasteiger partial charge in [0.2, 0.25) is 0 Å². The second-order valence-corrected chi connectivity index (χ2v) is 5.43. The van der Waals surface area contributed by atoms with E-state index in [1.807, 2.05) is 0 Å². The van der Waals surface area contributed by atoms with Crippen LogP contribution >= 0.6 is 38.9 Å². The number of benzene rings is 1. The zero-order chi connectivity index (χ0) is 13.0. The van der Waals surface area contributed by atoms with Crippen molar-refractivity contribution < 1.29 is 9.53 Å². The summed E-state index contributed by atoms with van der Waals surface area (Å²) in [7, 11) is 0. The summed E-state index contributed by atoms with van der Waals surface area (Å²) in [6.07, 6.45) is 1.62. The van der Waals surface area contributed by atoms with Gasteiger partial charge in [0.05, 0.1) is 4.47 Å². The molecule has 0 unspecified atom stereocenters. The fraction of sp³-hybridized carbons (Fsp3) is 0.0909. The lowest BCUT2D eigenvalue weighted by Gasteiger charge is -2.07. The molecule has 1 aromatic heterocycles. The molecule has 0 aliphatic rings. The van der Waals surface area contributed by atoms with Crippen LogP contribution in [0.5, 0.6) is 5.75 Å². The Balaban J connectivity index is 1.89. The number of thiazole rings is 1. The van der Waals surface area contributed by atoms with Gasteiger partial charge in [-0.1, -0.05) is 11.6 Å². The van der Waals surface area contributed by atoms with Crippen LogP contribution in [0.3, 0.4) is 0 Å². The second kappa shape index (κ2) is 6.17. The Morgan fingerprint density at radius 2 is 2.39 bits per heavy atom. The predicted octanol–water partition coefficient (Wildman–Crippen LogP) is 3.58.